The summed E-state index contributed by atoms with van der Waals surface area (Å²) < 4.78 is 0. The fourth-order valence-electron chi connectivity index (χ4n) is 2.28. The second-order valence-corrected chi connectivity index (χ2v) is 5.60. The van der Waals surface area contributed by atoms with Crippen LogP contribution in [-0.2, 0) is 6.42 Å². The van der Waals surface area contributed by atoms with Crippen LogP contribution in [-0.4, -0.2) is 23.8 Å². The molecule has 0 fully saturated rings. The maximum Gasteiger partial charge on any atom is 0.0584 e. The van der Waals surface area contributed by atoms with Crippen molar-refractivity contribution in [2.75, 3.05) is 6.61 Å². The minimum atomic E-state index is 0.230. The monoisotopic (exact) mass is 249 g/mol. The predicted octanol–water partition coefficient (Wildman–Crippen LogP) is 3.00. The second-order valence-electron chi connectivity index (χ2n) is 5.60. The van der Waals surface area contributed by atoms with E-state index in [1.807, 2.05) is 0 Å². The van der Waals surface area contributed by atoms with Crippen molar-refractivity contribution in [2.45, 2.75) is 52.1 Å². The van der Waals surface area contributed by atoms with Gasteiger partial charge in [0.05, 0.1) is 6.61 Å². The van der Waals surface area contributed by atoms with E-state index in [1.54, 1.807) is 0 Å². The molecule has 0 saturated heterocycles. The largest absolute Gasteiger partial charge is 0.395 e. The average Bonchev–Trinajstić information content (AvgIpc) is 2.36. The zero-order valence-electron chi connectivity index (χ0n) is 11.9. The van der Waals surface area contributed by atoms with Crippen molar-refractivity contribution in [3.8, 4) is 0 Å². The van der Waals surface area contributed by atoms with E-state index in [0.29, 0.717) is 12.0 Å². The first-order valence-electron chi connectivity index (χ1n) is 7.02. The highest BCUT2D eigenvalue weighted by Gasteiger charge is 2.12. The molecule has 1 aromatic rings. The molecule has 0 aliphatic heterocycles. The van der Waals surface area contributed by atoms with Crippen molar-refractivity contribution in [3.63, 3.8) is 0 Å². The van der Waals surface area contributed by atoms with Crippen LogP contribution in [0.1, 0.15) is 39.2 Å². The molecule has 0 saturated carbocycles. The molecule has 0 aliphatic rings. The van der Waals surface area contributed by atoms with Crippen LogP contribution < -0.4 is 5.32 Å². The van der Waals surface area contributed by atoms with Crippen LogP contribution >= 0.6 is 0 Å². The van der Waals surface area contributed by atoms with E-state index < -0.39 is 0 Å². The molecule has 0 aliphatic carbocycles. The Kier molecular flexibility index (Phi) is 6.99. The molecule has 0 heterocycles. The fourth-order valence-corrected chi connectivity index (χ4v) is 2.28. The van der Waals surface area contributed by atoms with Crippen molar-refractivity contribution in [3.05, 3.63) is 35.9 Å². The normalized spacial score (nSPS) is 14.7. The minimum Gasteiger partial charge on any atom is -0.395 e. The lowest BCUT2D eigenvalue weighted by Crippen LogP contribution is -2.40. The number of rotatable bonds is 8. The first kappa shape index (κ1) is 15.2. The Morgan fingerprint density at radius 2 is 1.78 bits per heavy atom. The van der Waals surface area contributed by atoms with E-state index in [1.165, 1.54) is 5.56 Å². The van der Waals surface area contributed by atoms with Crippen molar-refractivity contribution < 1.29 is 5.11 Å². The fraction of sp³-hybridized carbons (Fsp3) is 0.625. The molecule has 0 aromatic heterocycles. The highest BCUT2D eigenvalue weighted by molar-refractivity contribution is 5.14. The maximum absolute atomic E-state index is 9.35. The maximum atomic E-state index is 9.35. The number of aliphatic hydroxyl groups excluding tert-OH is 1. The molecule has 102 valence electrons. The lowest BCUT2D eigenvalue weighted by atomic mass is 10.0. The molecule has 2 nitrogen and oxygen atoms in total. The zero-order valence-corrected chi connectivity index (χ0v) is 11.9. The molecule has 0 bridgehead atoms. The molecule has 0 radical (unpaired) electrons. The van der Waals surface area contributed by atoms with Crippen molar-refractivity contribution in [2.24, 2.45) is 5.92 Å². The van der Waals surface area contributed by atoms with Gasteiger partial charge in [-0.2, -0.15) is 0 Å². The molecule has 2 atom stereocenters. The third-order valence-electron chi connectivity index (χ3n) is 3.21. The van der Waals surface area contributed by atoms with Gasteiger partial charge in [-0.3, -0.25) is 0 Å². The van der Waals surface area contributed by atoms with Gasteiger partial charge < -0.3 is 10.4 Å². The third-order valence-corrected chi connectivity index (χ3v) is 3.21. The summed E-state index contributed by atoms with van der Waals surface area (Å²) in [6, 6.07) is 11.2. The third kappa shape index (κ3) is 6.18. The molecular formula is C16H27NO. The van der Waals surface area contributed by atoms with Gasteiger partial charge in [-0.15, -0.1) is 0 Å². The van der Waals surface area contributed by atoms with Gasteiger partial charge in [0.25, 0.3) is 0 Å². The predicted molar refractivity (Wildman–Crippen MR) is 77.7 cm³/mol. The van der Waals surface area contributed by atoms with Crippen LogP contribution in [0.2, 0.25) is 0 Å². The number of aliphatic hydroxyl groups is 1. The van der Waals surface area contributed by atoms with E-state index in [0.717, 1.165) is 19.3 Å². The van der Waals surface area contributed by atoms with Gasteiger partial charge in [0, 0.05) is 12.1 Å². The molecule has 0 spiro atoms. The van der Waals surface area contributed by atoms with Crippen molar-refractivity contribution in [1.29, 1.82) is 0 Å². The van der Waals surface area contributed by atoms with Gasteiger partial charge in [-0.25, -0.2) is 0 Å². The topological polar surface area (TPSA) is 32.3 Å². The van der Waals surface area contributed by atoms with Crippen LogP contribution in [0.25, 0.3) is 0 Å². The highest BCUT2D eigenvalue weighted by atomic mass is 16.3. The van der Waals surface area contributed by atoms with Gasteiger partial charge in [-0.05, 0) is 37.7 Å². The van der Waals surface area contributed by atoms with Crippen molar-refractivity contribution in [1.82, 2.24) is 5.32 Å². The Bertz CT molecular complexity index is 310. The molecule has 18 heavy (non-hydrogen) atoms. The number of aryl methyl sites for hydroxylation is 1. The van der Waals surface area contributed by atoms with E-state index in [-0.39, 0.29) is 12.6 Å². The quantitative estimate of drug-likeness (QED) is 0.742. The molecular weight excluding hydrogens is 222 g/mol. The van der Waals surface area contributed by atoms with E-state index in [4.69, 9.17) is 0 Å². The number of nitrogens with one attached hydrogen (secondary N) is 1. The summed E-state index contributed by atoms with van der Waals surface area (Å²) >= 11 is 0. The van der Waals surface area contributed by atoms with Gasteiger partial charge in [0.2, 0.25) is 0 Å². The number of hydrogen-bond acceptors (Lipinski definition) is 2. The standard InChI is InChI=1S/C16H27NO/c1-13(2)11-16(12-18)17-14(3)9-10-15-7-5-4-6-8-15/h4-8,13-14,16-18H,9-12H2,1-3H3. The van der Waals surface area contributed by atoms with Crippen LogP contribution in [0.3, 0.4) is 0 Å². The summed E-state index contributed by atoms with van der Waals surface area (Å²) in [5, 5.41) is 12.9. The van der Waals surface area contributed by atoms with E-state index in [2.05, 4.69) is 56.4 Å². The summed E-state index contributed by atoms with van der Waals surface area (Å²) in [4.78, 5) is 0. The average molecular weight is 249 g/mol. The molecule has 2 unspecified atom stereocenters. The SMILES string of the molecule is CC(C)CC(CO)NC(C)CCc1ccccc1. The van der Waals surface area contributed by atoms with Gasteiger partial charge in [0.15, 0.2) is 0 Å². The first-order chi connectivity index (χ1) is 8.61. The smallest absolute Gasteiger partial charge is 0.0584 e. The molecule has 2 N–H and O–H groups in total. The van der Waals surface area contributed by atoms with Gasteiger partial charge in [0.1, 0.15) is 0 Å². The van der Waals surface area contributed by atoms with Crippen LogP contribution in [0, 0.1) is 5.92 Å². The van der Waals surface area contributed by atoms with E-state index >= 15 is 0 Å². The molecule has 1 aromatic carbocycles. The van der Waals surface area contributed by atoms with Crippen LogP contribution in [0.4, 0.5) is 0 Å². The Labute approximate surface area is 111 Å². The highest BCUT2D eigenvalue weighted by Crippen LogP contribution is 2.08. The molecule has 2 heteroatoms. The summed E-state index contributed by atoms with van der Waals surface area (Å²) in [6.07, 6.45) is 3.24. The second kappa shape index (κ2) is 8.28. The van der Waals surface area contributed by atoms with Gasteiger partial charge in [-0.1, -0.05) is 44.2 Å². The zero-order chi connectivity index (χ0) is 13.4. The summed E-state index contributed by atoms with van der Waals surface area (Å²) in [6.45, 7) is 6.82. The van der Waals surface area contributed by atoms with E-state index in [9.17, 15) is 5.11 Å². The first-order valence-corrected chi connectivity index (χ1v) is 7.02. The Hall–Kier alpha value is -0.860. The molecule has 0 amide bonds. The number of benzene rings is 1. The number of hydrogen-bond donors (Lipinski definition) is 2. The van der Waals surface area contributed by atoms with Gasteiger partial charge >= 0.3 is 0 Å². The summed E-state index contributed by atoms with van der Waals surface area (Å²) in [5.74, 6) is 0.621. The summed E-state index contributed by atoms with van der Waals surface area (Å²) in [5.41, 5.74) is 1.38. The lowest BCUT2D eigenvalue weighted by molar-refractivity contribution is 0.213. The lowest BCUT2D eigenvalue weighted by Gasteiger charge is -2.23. The van der Waals surface area contributed by atoms with Crippen LogP contribution in [0.15, 0.2) is 30.3 Å². The molecule has 1 rings (SSSR count). The Morgan fingerprint density at radius 1 is 1.11 bits per heavy atom. The minimum absolute atomic E-state index is 0.230. The Balaban J connectivity index is 2.30. The van der Waals surface area contributed by atoms with Crippen molar-refractivity contribution >= 4 is 0 Å². The Morgan fingerprint density at radius 3 is 2.33 bits per heavy atom. The summed E-state index contributed by atoms with van der Waals surface area (Å²) in [7, 11) is 0. The van der Waals surface area contributed by atoms with Crippen LogP contribution in [0.5, 0.6) is 0 Å².